The zero-order valence-electron chi connectivity index (χ0n) is 16.7. The SMILES string of the molecule is CCCCSCCC(=O)NCc1ccc(C(=O)N2CC(C)OC(C)C2)cc1. The molecule has 1 aliphatic heterocycles. The smallest absolute Gasteiger partial charge is 0.254 e. The Morgan fingerprint density at radius 2 is 1.81 bits per heavy atom. The van der Waals surface area contributed by atoms with Crippen molar-refractivity contribution in [3.63, 3.8) is 0 Å². The van der Waals surface area contributed by atoms with E-state index in [0.717, 1.165) is 17.1 Å². The van der Waals surface area contributed by atoms with E-state index < -0.39 is 0 Å². The Bertz CT molecular complexity index is 596. The molecule has 2 rings (SSSR count). The largest absolute Gasteiger partial charge is 0.372 e. The van der Waals surface area contributed by atoms with Crippen LogP contribution < -0.4 is 5.32 Å². The van der Waals surface area contributed by atoms with Crippen LogP contribution in [0.5, 0.6) is 0 Å². The molecule has 1 heterocycles. The molecule has 0 radical (unpaired) electrons. The third kappa shape index (κ3) is 7.54. The number of thioether (sulfide) groups is 1. The van der Waals surface area contributed by atoms with Gasteiger partial charge in [-0.25, -0.2) is 0 Å². The fourth-order valence-corrected chi connectivity index (χ4v) is 4.12. The molecule has 0 spiro atoms. The van der Waals surface area contributed by atoms with Crippen LogP contribution in [-0.2, 0) is 16.1 Å². The van der Waals surface area contributed by atoms with Crippen LogP contribution in [-0.4, -0.2) is 53.5 Å². The molecule has 1 aliphatic rings. The van der Waals surface area contributed by atoms with Crippen LogP contribution in [0, 0.1) is 0 Å². The average Bonchev–Trinajstić information content (AvgIpc) is 2.65. The summed E-state index contributed by atoms with van der Waals surface area (Å²) in [6, 6.07) is 7.51. The molecule has 1 saturated heterocycles. The first kappa shape index (κ1) is 21.8. The second kappa shape index (κ2) is 11.3. The number of amides is 2. The number of unbranched alkanes of at least 4 members (excludes halogenated alkanes) is 1. The molecular weight excluding hydrogens is 360 g/mol. The molecule has 1 aromatic carbocycles. The number of nitrogens with zero attached hydrogens (tertiary/aromatic N) is 1. The van der Waals surface area contributed by atoms with Gasteiger partial charge >= 0.3 is 0 Å². The number of ether oxygens (including phenoxy) is 1. The first-order chi connectivity index (χ1) is 13.0. The Morgan fingerprint density at radius 3 is 2.44 bits per heavy atom. The number of carbonyl (C=O) groups excluding carboxylic acids is 2. The molecule has 1 fully saturated rings. The summed E-state index contributed by atoms with van der Waals surface area (Å²) >= 11 is 1.83. The first-order valence-electron chi connectivity index (χ1n) is 9.87. The molecule has 0 aromatic heterocycles. The van der Waals surface area contributed by atoms with Crippen LogP contribution in [0.25, 0.3) is 0 Å². The highest BCUT2D eigenvalue weighted by molar-refractivity contribution is 7.99. The van der Waals surface area contributed by atoms with E-state index in [-0.39, 0.29) is 24.0 Å². The molecule has 1 N–H and O–H groups in total. The molecule has 0 saturated carbocycles. The van der Waals surface area contributed by atoms with Crippen molar-refractivity contribution in [2.24, 2.45) is 0 Å². The zero-order chi connectivity index (χ0) is 19.6. The highest BCUT2D eigenvalue weighted by atomic mass is 32.2. The standard InChI is InChI=1S/C21H32N2O3S/c1-4-5-11-27-12-10-20(24)22-13-18-6-8-19(9-7-18)21(25)23-14-16(2)26-17(3)15-23/h6-9,16-17H,4-5,10-15H2,1-3H3,(H,22,24). The third-order valence-corrected chi connectivity index (χ3v) is 5.58. The summed E-state index contributed by atoms with van der Waals surface area (Å²) in [6.45, 7) is 7.90. The van der Waals surface area contributed by atoms with Gasteiger partial charge in [0, 0.05) is 37.4 Å². The molecule has 0 aliphatic carbocycles. The summed E-state index contributed by atoms with van der Waals surface area (Å²) in [5.74, 6) is 2.11. The fourth-order valence-electron chi connectivity index (χ4n) is 3.09. The first-order valence-corrected chi connectivity index (χ1v) is 11.0. The lowest BCUT2D eigenvalue weighted by Crippen LogP contribution is -2.48. The van der Waals surface area contributed by atoms with Crippen LogP contribution in [0.15, 0.2) is 24.3 Å². The van der Waals surface area contributed by atoms with Crippen molar-refractivity contribution in [3.8, 4) is 0 Å². The molecule has 27 heavy (non-hydrogen) atoms. The molecule has 5 nitrogen and oxygen atoms in total. The van der Waals surface area contributed by atoms with Gasteiger partial charge in [-0.15, -0.1) is 0 Å². The molecule has 1 aromatic rings. The molecular formula is C21H32N2O3S. The Balaban J connectivity index is 1.76. The number of hydrogen-bond donors (Lipinski definition) is 1. The Kier molecular flexibility index (Phi) is 9.15. The summed E-state index contributed by atoms with van der Waals surface area (Å²) in [7, 11) is 0. The predicted molar refractivity (Wildman–Crippen MR) is 111 cm³/mol. The van der Waals surface area contributed by atoms with Crippen molar-refractivity contribution in [2.45, 2.75) is 58.8 Å². The van der Waals surface area contributed by atoms with Crippen molar-refractivity contribution in [2.75, 3.05) is 24.6 Å². The maximum atomic E-state index is 12.7. The van der Waals surface area contributed by atoms with Gasteiger partial charge in [-0.2, -0.15) is 11.8 Å². The number of morpholine rings is 1. The normalized spacial score (nSPS) is 19.7. The van der Waals surface area contributed by atoms with E-state index in [1.165, 1.54) is 12.8 Å². The number of carbonyl (C=O) groups is 2. The van der Waals surface area contributed by atoms with E-state index in [4.69, 9.17) is 4.74 Å². The molecule has 150 valence electrons. The van der Waals surface area contributed by atoms with Gasteiger partial charge in [-0.1, -0.05) is 25.5 Å². The van der Waals surface area contributed by atoms with Gasteiger partial charge in [0.05, 0.1) is 12.2 Å². The lowest BCUT2D eigenvalue weighted by atomic mass is 10.1. The Labute approximate surface area is 167 Å². The van der Waals surface area contributed by atoms with E-state index in [9.17, 15) is 9.59 Å². The van der Waals surface area contributed by atoms with Crippen LogP contribution in [0.4, 0.5) is 0 Å². The monoisotopic (exact) mass is 392 g/mol. The number of nitrogens with one attached hydrogen (secondary N) is 1. The second-order valence-corrected chi connectivity index (χ2v) is 8.38. The van der Waals surface area contributed by atoms with E-state index >= 15 is 0 Å². The van der Waals surface area contributed by atoms with E-state index in [2.05, 4.69) is 12.2 Å². The summed E-state index contributed by atoms with van der Waals surface area (Å²) in [5, 5.41) is 2.95. The molecule has 0 bridgehead atoms. The summed E-state index contributed by atoms with van der Waals surface area (Å²) in [6.07, 6.45) is 3.08. The average molecular weight is 393 g/mol. The highest BCUT2D eigenvalue weighted by Gasteiger charge is 2.26. The highest BCUT2D eigenvalue weighted by Crippen LogP contribution is 2.15. The van der Waals surface area contributed by atoms with Gasteiger partial charge in [-0.3, -0.25) is 9.59 Å². The lowest BCUT2D eigenvalue weighted by molar-refractivity contribution is -0.120. The zero-order valence-corrected chi connectivity index (χ0v) is 17.5. The molecule has 6 heteroatoms. The van der Waals surface area contributed by atoms with E-state index in [1.807, 2.05) is 54.8 Å². The minimum Gasteiger partial charge on any atom is -0.372 e. The van der Waals surface area contributed by atoms with Gasteiger partial charge in [0.1, 0.15) is 0 Å². The van der Waals surface area contributed by atoms with E-state index in [1.54, 1.807) is 0 Å². The van der Waals surface area contributed by atoms with Crippen LogP contribution in [0.3, 0.4) is 0 Å². The van der Waals surface area contributed by atoms with Gasteiger partial charge in [-0.05, 0) is 43.7 Å². The van der Waals surface area contributed by atoms with Crippen molar-refractivity contribution in [1.82, 2.24) is 10.2 Å². The van der Waals surface area contributed by atoms with Crippen LogP contribution in [0.1, 0.15) is 56.0 Å². The maximum Gasteiger partial charge on any atom is 0.254 e. The van der Waals surface area contributed by atoms with Gasteiger partial charge < -0.3 is 15.0 Å². The van der Waals surface area contributed by atoms with Crippen LogP contribution >= 0.6 is 11.8 Å². The molecule has 2 atom stereocenters. The molecule has 2 unspecified atom stereocenters. The van der Waals surface area contributed by atoms with Gasteiger partial charge in [0.25, 0.3) is 5.91 Å². The Morgan fingerprint density at radius 1 is 1.15 bits per heavy atom. The van der Waals surface area contributed by atoms with Gasteiger partial charge in [0.2, 0.25) is 5.91 Å². The number of benzene rings is 1. The number of rotatable bonds is 9. The Hall–Kier alpha value is -1.53. The summed E-state index contributed by atoms with van der Waals surface area (Å²) in [4.78, 5) is 26.4. The topological polar surface area (TPSA) is 58.6 Å². The predicted octanol–water partition coefficient (Wildman–Crippen LogP) is 3.48. The number of hydrogen-bond acceptors (Lipinski definition) is 4. The lowest BCUT2D eigenvalue weighted by Gasteiger charge is -2.35. The van der Waals surface area contributed by atoms with Crippen molar-refractivity contribution < 1.29 is 14.3 Å². The second-order valence-electron chi connectivity index (χ2n) is 7.16. The van der Waals surface area contributed by atoms with Crippen molar-refractivity contribution in [1.29, 1.82) is 0 Å². The van der Waals surface area contributed by atoms with Crippen molar-refractivity contribution in [3.05, 3.63) is 35.4 Å². The summed E-state index contributed by atoms with van der Waals surface area (Å²) < 4.78 is 5.69. The third-order valence-electron chi connectivity index (χ3n) is 4.51. The summed E-state index contributed by atoms with van der Waals surface area (Å²) in [5.41, 5.74) is 1.68. The minimum absolute atomic E-state index is 0.0386. The van der Waals surface area contributed by atoms with Gasteiger partial charge in [0.15, 0.2) is 0 Å². The van der Waals surface area contributed by atoms with Crippen molar-refractivity contribution >= 4 is 23.6 Å². The minimum atomic E-state index is 0.0386. The fraction of sp³-hybridized carbons (Fsp3) is 0.619. The van der Waals surface area contributed by atoms with Crippen LogP contribution in [0.2, 0.25) is 0 Å². The molecule has 2 amide bonds. The van der Waals surface area contributed by atoms with E-state index in [0.29, 0.717) is 31.6 Å². The quantitative estimate of drug-likeness (QED) is 0.654. The maximum absolute atomic E-state index is 12.7.